The molecule has 52 heavy (non-hydrogen) atoms. The third kappa shape index (κ3) is 15.2. The van der Waals surface area contributed by atoms with E-state index in [-0.39, 0.29) is 17.4 Å². The summed E-state index contributed by atoms with van der Waals surface area (Å²) >= 11 is 0. The summed E-state index contributed by atoms with van der Waals surface area (Å²) in [6.45, 7) is 12.8. The maximum atomic E-state index is 4.88. The Morgan fingerprint density at radius 1 is 0.269 bits per heavy atom. The molecule has 0 heterocycles. The SMILES string of the molecule is CC(C)[N-]P(c1ccccc1)c1ccccc1.CC(C)[N-]P(c1ccccc1)c1ccccc1.CC(C)[N-]P(c1ccccc1)c1ccccc1.[Cr+3]. The number of hydrogen-bond acceptors (Lipinski definition) is 0. The molecule has 267 valence electrons. The predicted molar refractivity (Wildman–Crippen MR) is 233 cm³/mol. The molecule has 6 aromatic carbocycles. The normalized spacial score (nSPS) is 10.8. The van der Waals surface area contributed by atoms with Gasteiger partial charge in [-0.1, -0.05) is 224 Å². The quantitative estimate of drug-likeness (QED) is 0.111. The van der Waals surface area contributed by atoms with E-state index in [0.717, 1.165) is 0 Å². The van der Waals surface area contributed by atoms with Crippen LogP contribution in [-0.2, 0) is 17.4 Å². The third-order valence-corrected chi connectivity index (χ3v) is 13.8. The summed E-state index contributed by atoms with van der Waals surface area (Å²) in [4.78, 5) is 0. The molecule has 0 saturated heterocycles. The summed E-state index contributed by atoms with van der Waals surface area (Å²) in [5, 5.41) is 22.6. The van der Waals surface area contributed by atoms with Crippen molar-refractivity contribution in [2.24, 2.45) is 0 Å². The molecular weight excluding hydrogens is 727 g/mol. The van der Waals surface area contributed by atoms with Gasteiger partial charge in [0.2, 0.25) is 0 Å². The van der Waals surface area contributed by atoms with Crippen LogP contribution in [0.25, 0.3) is 15.3 Å². The van der Waals surface area contributed by atoms with Crippen LogP contribution in [0.15, 0.2) is 182 Å². The second-order valence-electron chi connectivity index (χ2n) is 12.6. The van der Waals surface area contributed by atoms with Crippen molar-refractivity contribution < 1.29 is 17.4 Å². The monoisotopic (exact) mass is 778 g/mol. The molecular formula is C45H51CrN3P3. The second-order valence-corrected chi connectivity index (χ2v) is 18.2. The smallest absolute Gasteiger partial charge is 0.626 e. The van der Waals surface area contributed by atoms with E-state index < -0.39 is 24.2 Å². The molecule has 0 spiro atoms. The van der Waals surface area contributed by atoms with Gasteiger partial charge in [0.15, 0.2) is 0 Å². The van der Waals surface area contributed by atoms with Crippen LogP contribution < -0.4 is 31.8 Å². The first-order valence-electron chi connectivity index (χ1n) is 17.6. The zero-order chi connectivity index (χ0) is 36.3. The standard InChI is InChI=1S/3C15H17NP.Cr/c3*1-13(2)16-17(14-9-5-3-6-10-14)15-11-7-4-8-12-15;/h3*3-13H,1-2H3;/q3*-1;+3. The Balaban J connectivity index is 0.000000208. The van der Waals surface area contributed by atoms with Crippen LogP contribution in [0.5, 0.6) is 0 Å². The molecule has 0 unspecified atom stereocenters. The zero-order valence-electron chi connectivity index (χ0n) is 31.1. The zero-order valence-corrected chi connectivity index (χ0v) is 35.1. The summed E-state index contributed by atoms with van der Waals surface area (Å²) in [6, 6.07) is 64.5. The van der Waals surface area contributed by atoms with E-state index in [1.807, 2.05) is 0 Å². The van der Waals surface area contributed by atoms with E-state index in [2.05, 4.69) is 224 Å². The molecule has 0 aliphatic carbocycles. The van der Waals surface area contributed by atoms with Gasteiger partial charge in [-0.3, -0.25) is 0 Å². The van der Waals surface area contributed by atoms with Gasteiger partial charge in [0, 0.05) is 0 Å². The average molecular weight is 779 g/mol. The predicted octanol–water partition coefficient (Wildman–Crippen LogP) is 11.4. The van der Waals surface area contributed by atoms with Crippen LogP contribution in [0.3, 0.4) is 0 Å². The molecule has 0 atom stereocenters. The van der Waals surface area contributed by atoms with Gasteiger partial charge in [-0.15, -0.1) is 18.1 Å². The van der Waals surface area contributed by atoms with Crippen molar-refractivity contribution in [3.63, 3.8) is 0 Å². The van der Waals surface area contributed by atoms with Gasteiger partial charge in [-0.05, 0) is 31.8 Å². The van der Waals surface area contributed by atoms with Crippen LogP contribution in [0.2, 0.25) is 0 Å². The molecule has 0 aliphatic heterocycles. The molecule has 6 rings (SSSR count). The summed E-state index contributed by atoms with van der Waals surface area (Å²) in [5.41, 5.74) is 0. The van der Waals surface area contributed by atoms with Crippen molar-refractivity contribution >= 4 is 56.0 Å². The topological polar surface area (TPSA) is 42.3 Å². The van der Waals surface area contributed by atoms with Crippen molar-refractivity contribution in [3.05, 3.63) is 197 Å². The first-order chi connectivity index (χ1) is 24.8. The van der Waals surface area contributed by atoms with Gasteiger partial charge in [-0.2, -0.15) is 24.2 Å². The van der Waals surface area contributed by atoms with Gasteiger partial charge in [0.05, 0.1) is 0 Å². The number of rotatable bonds is 12. The van der Waals surface area contributed by atoms with E-state index in [1.54, 1.807) is 0 Å². The van der Waals surface area contributed by atoms with Crippen molar-refractivity contribution in [3.8, 4) is 0 Å². The Morgan fingerprint density at radius 2 is 0.404 bits per heavy atom. The second kappa shape index (κ2) is 24.4. The minimum absolute atomic E-state index is 0. The molecule has 0 N–H and O–H groups in total. The third-order valence-electron chi connectivity index (χ3n) is 7.04. The maximum Gasteiger partial charge on any atom is 3.00 e. The van der Waals surface area contributed by atoms with Gasteiger partial charge in [0.25, 0.3) is 0 Å². The number of nitrogens with zero attached hydrogens (tertiary/aromatic N) is 3. The minimum atomic E-state index is -0.565. The van der Waals surface area contributed by atoms with Gasteiger partial charge in [-0.25, -0.2) is 0 Å². The molecule has 0 amide bonds. The first-order valence-corrected chi connectivity index (χ1v) is 21.5. The molecule has 0 fully saturated rings. The fraction of sp³-hybridized carbons (Fsp3) is 0.200. The maximum absolute atomic E-state index is 4.88. The van der Waals surface area contributed by atoms with Crippen molar-refractivity contribution in [2.45, 2.75) is 59.7 Å². The fourth-order valence-electron chi connectivity index (χ4n) is 4.96. The fourth-order valence-corrected chi connectivity index (χ4v) is 10.8. The summed E-state index contributed by atoms with van der Waals surface area (Å²) in [5.74, 6) is 0. The van der Waals surface area contributed by atoms with E-state index in [0.29, 0.717) is 18.1 Å². The molecule has 7 heteroatoms. The Bertz CT molecular complexity index is 1420. The van der Waals surface area contributed by atoms with E-state index in [4.69, 9.17) is 15.3 Å². The number of hydrogen-bond donors (Lipinski definition) is 0. The Kier molecular flexibility index (Phi) is 20.3. The molecule has 0 saturated carbocycles. The average Bonchev–Trinajstić information content (AvgIpc) is 3.17. The van der Waals surface area contributed by atoms with Gasteiger partial charge in [0.1, 0.15) is 0 Å². The Labute approximate surface area is 328 Å². The molecule has 0 aliphatic rings. The van der Waals surface area contributed by atoms with Crippen molar-refractivity contribution in [2.75, 3.05) is 0 Å². The van der Waals surface area contributed by atoms with Crippen molar-refractivity contribution in [1.29, 1.82) is 0 Å². The molecule has 1 radical (unpaired) electrons. The molecule has 0 aromatic heterocycles. The minimum Gasteiger partial charge on any atom is -0.626 e. The summed E-state index contributed by atoms with van der Waals surface area (Å²) in [7, 11) is -1.70. The molecule has 3 nitrogen and oxygen atoms in total. The largest absolute Gasteiger partial charge is 3.00 e. The van der Waals surface area contributed by atoms with E-state index in [9.17, 15) is 0 Å². The van der Waals surface area contributed by atoms with Crippen LogP contribution in [0.4, 0.5) is 0 Å². The van der Waals surface area contributed by atoms with Crippen LogP contribution in [0, 0.1) is 0 Å². The van der Waals surface area contributed by atoms with Crippen LogP contribution in [0.1, 0.15) is 41.5 Å². The van der Waals surface area contributed by atoms with Gasteiger partial charge >= 0.3 is 17.4 Å². The van der Waals surface area contributed by atoms with Crippen LogP contribution in [-0.4, -0.2) is 18.1 Å². The van der Waals surface area contributed by atoms with E-state index >= 15 is 0 Å². The Morgan fingerprint density at radius 3 is 0.519 bits per heavy atom. The number of benzene rings is 6. The summed E-state index contributed by atoms with van der Waals surface area (Å²) < 4.78 is 0. The molecule has 6 aromatic rings. The van der Waals surface area contributed by atoms with Gasteiger partial charge < -0.3 is 15.3 Å². The van der Waals surface area contributed by atoms with E-state index in [1.165, 1.54) is 31.8 Å². The van der Waals surface area contributed by atoms with Crippen molar-refractivity contribution in [1.82, 2.24) is 0 Å². The summed E-state index contributed by atoms with van der Waals surface area (Å²) in [6.07, 6.45) is 0. The first kappa shape index (κ1) is 43.4. The van der Waals surface area contributed by atoms with Crippen LogP contribution >= 0.6 is 24.2 Å². The Hall–Kier alpha value is -2.98. The molecule has 0 bridgehead atoms.